The summed E-state index contributed by atoms with van der Waals surface area (Å²) >= 11 is 0. The molecule has 8 nitrogen and oxygen atoms in total. The molecular formula is C15H12N4O4. The maximum absolute atomic E-state index is 11.7. The predicted octanol–water partition coefficient (Wildman–Crippen LogP) is 2.51. The van der Waals surface area contributed by atoms with E-state index in [1.54, 1.807) is 31.2 Å². The summed E-state index contributed by atoms with van der Waals surface area (Å²) in [5, 5.41) is 19.8. The molecule has 116 valence electrons. The van der Waals surface area contributed by atoms with Gasteiger partial charge in [0.1, 0.15) is 11.0 Å². The highest BCUT2D eigenvalue weighted by Crippen LogP contribution is 2.24. The summed E-state index contributed by atoms with van der Waals surface area (Å²) in [5.74, 6) is -0.610. The first-order valence-electron chi connectivity index (χ1n) is 6.88. The molecule has 0 bridgehead atoms. The maximum Gasteiger partial charge on any atom is 0.338 e. The van der Waals surface area contributed by atoms with Crippen LogP contribution in [0.3, 0.4) is 0 Å². The van der Waals surface area contributed by atoms with Gasteiger partial charge in [0.25, 0.3) is 5.69 Å². The second kappa shape index (κ2) is 5.84. The normalized spacial score (nSPS) is 10.7. The van der Waals surface area contributed by atoms with Gasteiger partial charge in [0, 0.05) is 6.07 Å². The summed E-state index contributed by atoms with van der Waals surface area (Å²) in [5.41, 5.74) is 1.27. The summed E-state index contributed by atoms with van der Waals surface area (Å²) in [6.07, 6.45) is 0. The van der Waals surface area contributed by atoms with Crippen LogP contribution in [0.2, 0.25) is 0 Å². The highest BCUT2D eigenvalue weighted by molar-refractivity contribution is 5.90. The van der Waals surface area contributed by atoms with Gasteiger partial charge < -0.3 is 4.74 Å². The van der Waals surface area contributed by atoms with Gasteiger partial charge in [-0.25, -0.2) is 4.79 Å². The number of nitro groups is 1. The molecule has 23 heavy (non-hydrogen) atoms. The molecule has 0 amide bonds. The van der Waals surface area contributed by atoms with E-state index in [0.717, 1.165) is 0 Å². The number of esters is 1. The zero-order valence-corrected chi connectivity index (χ0v) is 12.2. The summed E-state index contributed by atoms with van der Waals surface area (Å²) in [6.45, 7) is 1.86. The van der Waals surface area contributed by atoms with Crippen molar-refractivity contribution in [1.29, 1.82) is 0 Å². The number of carbonyl (C=O) groups excluding carboxylic acids is 1. The van der Waals surface area contributed by atoms with Crippen molar-refractivity contribution in [3.05, 3.63) is 58.1 Å². The molecule has 3 aromatic rings. The van der Waals surface area contributed by atoms with Crippen LogP contribution in [-0.2, 0) is 4.74 Å². The molecular weight excluding hydrogens is 300 g/mol. The lowest BCUT2D eigenvalue weighted by Gasteiger charge is -2.05. The Hall–Kier alpha value is -3.29. The Kier molecular flexibility index (Phi) is 3.71. The first kappa shape index (κ1) is 14.6. The fraction of sp³-hybridized carbons (Fsp3) is 0.133. The van der Waals surface area contributed by atoms with Crippen LogP contribution in [0.5, 0.6) is 0 Å². The predicted molar refractivity (Wildman–Crippen MR) is 81.5 cm³/mol. The lowest BCUT2D eigenvalue weighted by Crippen LogP contribution is -2.08. The molecule has 0 aliphatic carbocycles. The zero-order chi connectivity index (χ0) is 16.4. The van der Waals surface area contributed by atoms with Crippen molar-refractivity contribution < 1.29 is 14.5 Å². The van der Waals surface area contributed by atoms with E-state index < -0.39 is 10.9 Å². The number of carbonyl (C=O) groups is 1. The van der Waals surface area contributed by atoms with Gasteiger partial charge in [-0.2, -0.15) is 0 Å². The van der Waals surface area contributed by atoms with Gasteiger partial charge >= 0.3 is 5.97 Å². The number of benzene rings is 2. The highest BCUT2D eigenvalue weighted by Gasteiger charge is 2.21. The molecule has 0 atom stereocenters. The molecule has 0 fully saturated rings. The molecule has 2 aromatic carbocycles. The molecule has 8 heteroatoms. The minimum absolute atomic E-state index is 0.110. The number of nitro benzene ring substituents is 1. The van der Waals surface area contributed by atoms with Crippen molar-refractivity contribution in [1.82, 2.24) is 15.0 Å². The first-order chi connectivity index (χ1) is 11.1. The van der Waals surface area contributed by atoms with Crippen LogP contribution >= 0.6 is 0 Å². The first-order valence-corrected chi connectivity index (χ1v) is 6.88. The third-order valence-electron chi connectivity index (χ3n) is 3.19. The standard InChI is InChI=1S/C15H12N4O4/c1-2-23-15(20)10-7-8-13(14(9-10)19(21)22)18-16-11-5-3-4-6-12(11)17-18/h3-9H,2H2,1H3. The number of nitrogens with zero attached hydrogens (tertiary/aromatic N) is 4. The summed E-state index contributed by atoms with van der Waals surface area (Å²) in [6, 6.07) is 11.2. The SMILES string of the molecule is CCOC(=O)c1ccc(-n2nc3ccccc3n2)c([N+](=O)[O-])c1. The van der Waals surface area contributed by atoms with E-state index in [9.17, 15) is 14.9 Å². The second-order valence-corrected chi connectivity index (χ2v) is 4.66. The Bertz CT molecular complexity index is 870. The fourth-order valence-electron chi connectivity index (χ4n) is 2.15. The number of rotatable bonds is 4. The molecule has 0 spiro atoms. The lowest BCUT2D eigenvalue weighted by atomic mass is 10.2. The van der Waals surface area contributed by atoms with E-state index >= 15 is 0 Å². The monoisotopic (exact) mass is 312 g/mol. The largest absolute Gasteiger partial charge is 0.462 e. The van der Waals surface area contributed by atoms with Crippen LogP contribution in [0.15, 0.2) is 42.5 Å². The molecule has 0 radical (unpaired) electrons. The average molecular weight is 312 g/mol. The van der Waals surface area contributed by atoms with Crippen LogP contribution in [-0.4, -0.2) is 32.5 Å². The topological polar surface area (TPSA) is 100 Å². The Morgan fingerprint density at radius 3 is 2.43 bits per heavy atom. The molecule has 0 unspecified atom stereocenters. The number of aromatic nitrogens is 3. The van der Waals surface area contributed by atoms with Crippen LogP contribution in [0.1, 0.15) is 17.3 Å². The van der Waals surface area contributed by atoms with E-state index in [4.69, 9.17) is 4.74 Å². The summed E-state index contributed by atoms with van der Waals surface area (Å²) < 4.78 is 4.86. The minimum Gasteiger partial charge on any atom is -0.462 e. The second-order valence-electron chi connectivity index (χ2n) is 4.66. The molecule has 3 rings (SSSR count). The van der Waals surface area contributed by atoms with Gasteiger partial charge in [-0.3, -0.25) is 10.1 Å². The Balaban J connectivity index is 2.11. The van der Waals surface area contributed by atoms with Crippen molar-refractivity contribution in [2.45, 2.75) is 6.92 Å². The summed E-state index contributed by atoms with van der Waals surface area (Å²) in [4.78, 5) is 23.7. The number of fused-ring (bicyclic) bond motifs is 1. The van der Waals surface area contributed by atoms with E-state index in [0.29, 0.717) is 11.0 Å². The molecule has 0 aliphatic heterocycles. The van der Waals surface area contributed by atoms with Crippen molar-refractivity contribution in [3.63, 3.8) is 0 Å². The van der Waals surface area contributed by atoms with Gasteiger partial charge in [0.15, 0.2) is 5.69 Å². The van der Waals surface area contributed by atoms with E-state index in [1.165, 1.54) is 23.0 Å². The van der Waals surface area contributed by atoms with Crippen LogP contribution in [0.4, 0.5) is 5.69 Å². The number of hydrogen-bond donors (Lipinski definition) is 0. The van der Waals surface area contributed by atoms with Gasteiger partial charge in [-0.05, 0) is 31.2 Å². The molecule has 0 aliphatic rings. The Morgan fingerprint density at radius 1 is 1.22 bits per heavy atom. The average Bonchev–Trinajstić information content (AvgIpc) is 2.98. The van der Waals surface area contributed by atoms with Gasteiger partial charge in [-0.15, -0.1) is 15.0 Å². The molecule has 0 saturated carbocycles. The molecule has 0 N–H and O–H groups in total. The highest BCUT2D eigenvalue weighted by atomic mass is 16.6. The fourth-order valence-corrected chi connectivity index (χ4v) is 2.15. The van der Waals surface area contributed by atoms with Gasteiger partial charge in [0.2, 0.25) is 0 Å². The minimum atomic E-state index is -0.610. The summed E-state index contributed by atoms with van der Waals surface area (Å²) in [7, 11) is 0. The van der Waals surface area contributed by atoms with Crippen molar-refractivity contribution >= 4 is 22.7 Å². The van der Waals surface area contributed by atoms with E-state index in [-0.39, 0.29) is 23.5 Å². The smallest absolute Gasteiger partial charge is 0.338 e. The molecule has 0 saturated heterocycles. The van der Waals surface area contributed by atoms with Crippen molar-refractivity contribution in [2.24, 2.45) is 0 Å². The number of ether oxygens (including phenoxy) is 1. The third kappa shape index (κ3) is 2.73. The molecule has 1 aromatic heterocycles. The van der Waals surface area contributed by atoms with E-state index in [2.05, 4.69) is 10.2 Å². The Labute approximate surface area is 130 Å². The van der Waals surface area contributed by atoms with Crippen LogP contribution < -0.4 is 0 Å². The van der Waals surface area contributed by atoms with E-state index in [1.807, 2.05) is 0 Å². The number of hydrogen-bond acceptors (Lipinski definition) is 6. The van der Waals surface area contributed by atoms with Gasteiger partial charge in [0.05, 0.1) is 17.1 Å². The zero-order valence-electron chi connectivity index (χ0n) is 12.2. The van der Waals surface area contributed by atoms with Gasteiger partial charge in [-0.1, -0.05) is 12.1 Å². The van der Waals surface area contributed by atoms with Crippen molar-refractivity contribution in [2.75, 3.05) is 6.61 Å². The third-order valence-corrected chi connectivity index (χ3v) is 3.19. The lowest BCUT2D eigenvalue weighted by molar-refractivity contribution is -0.384. The Morgan fingerprint density at radius 2 is 1.87 bits per heavy atom. The maximum atomic E-state index is 11.7. The molecule has 1 heterocycles. The quantitative estimate of drug-likeness (QED) is 0.417. The van der Waals surface area contributed by atoms with Crippen LogP contribution in [0, 0.1) is 10.1 Å². The van der Waals surface area contributed by atoms with Crippen molar-refractivity contribution in [3.8, 4) is 5.69 Å². The van der Waals surface area contributed by atoms with Crippen LogP contribution in [0.25, 0.3) is 16.7 Å².